The molecule has 1 aromatic carbocycles. The zero-order valence-electron chi connectivity index (χ0n) is 16.8. The third-order valence-electron chi connectivity index (χ3n) is 5.22. The van der Waals surface area contributed by atoms with Gasteiger partial charge in [-0.05, 0) is 48.7 Å². The molecule has 1 unspecified atom stereocenters. The van der Waals surface area contributed by atoms with E-state index in [-0.39, 0.29) is 17.0 Å². The van der Waals surface area contributed by atoms with Crippen LogP contribution in [0, 0.1) is 5.82 Å². The average molecular weight is 482 g/mol. The molecule has 1 aliphatic heterocycles. The van der Waals surface area contributed by atoms with Crippen molar-refractivity contribution in [3.63, 3.8) is 0 Å². The Morgan fingerprint density at radius 2 is 2.13 bits per heavy atom. The Morgan fingerprint density at radius 3 is 2.81 bits per heavy atom. The van der Waals surface area contributed by atoms with Crippen molar-refractivity contribution in [2.75, 3.05) is 12.4 Å². The van der Waals surface area contributed by atoms with Gasteiger partial charge >= 0.3 is 0 Å². The number of aryl methyl sites for hydroxylation is 1. The second kappa shape index (κ2) is 8.36. The van der Waals surface area contributed by atoms with Crippen molar-refractivity contribution < 1.29 is 13.4 Å². The first-order valence-corrected chi connectivity index (χ1v) is 12.2. The zero-order chi connectivity index (χ0) is 22.3. The van der Waals surface area contributed by atoms with E-state index in [2.05, 4.69) is 21.0 Å². The third kappa shape index (κ3) is 4.39. The van der Waals surface area contributed by atoms with Crippen LogP contribution in [0.3, 0.4) is 0 Å². The van der Waals surface area contributed by atoms with Crippen LogP contribution in [0.5, 0.6) is 0 Å². The number of anilines is 1. The van der Waals surface area contributed by atoms with Gasteiger partial charge in [-0.15, -0.1) is 11.3 Å². The Labute approximate surface area is 189 Å². The summed E-state index contributed by atoms with van der Waals surface area (Å²) in [5.74, 6) is 2.87. The molecule has 0 saturated carbocycles. The molecular weight excluding hydrogens is 461 g/mol. The van der Waals surface area contributed by atoms with Crippen LogP contribution in [0.15, 0.2) is 42.6 Å². The van der Waals surface area contributed by atoms with Crippen LogP contribution in [0.4, 0.5) is 10.1 Å². The molecule has 164 valence electrons. The zero-order valence-corrected chi connectivity index (χ0v) is 19.2. The van der Waals surface area contributed by atoms with Crippen LogP contribution in [-0.4, -0.2) is 43.2 Å². The standard InChI is InChI=1S/C20H21ClFN5O2S2/c1-26-16(8-9-23-26)19-7-6-18(30-19)15-11-17(27(2)31(3,29)25-15)20(28)24-12-4-5-14(22)13(21)10-12/h4-10,15,17H,3,11H2,1-2H3,(H,24,28)(H,25,29)/t15-,17+,31?/m1/s1. The molecule has 1 aliphatic rings. The quantitative estimate of drug-likeness (QED) is 0.560. The highest BCUT2D eigenvalue weighted by molar-refractivity contribution is 7.96. The van der Waals surface area contributed by atoms with Crippen molar-refractivity contribution in [3.8, 4) is 10.6 Å². The minimum atomic E-state index is -2.89. The molecule has 1 saturated heterocycles. The minimum Gasteiger partial charge on any atom is -0.325 e. The van der Waals surface area contributed by atoms with Crippen LogP contribution in [0.1, 0.15) is 17.3 Å². The summed E-state index contributed by atoms with van der Waals surface area (Å²) in [5, 5.41) is 6.84. The fourth-order valence-electron chi connectivity index (χ4n) is 3.47. The number of likely N-dealkylation sites (N-methyl/N-ethyl adjacent to an activating group) is 1. The highest BCUT2D eigenvalue weighted by atomic mass is 35.5. The number of benzene rings is 1. The van der Waals surface area contributed by atoms with Gasteiger partial charge in [0.25, 0.3) is 0 Å². The van der Waals surface area contributed by atoms with Gasteiger partial charge in [0.2, 0.25) is 5.91 Å². The highest BCUT2D eigenvalue weighted by Gasteiger charge is 2.38. The molecule has 1 amide bonds. The summed E-state index contributed by atoms with van der Waals surface area (Å²) in [6.45, 7) is 0. The normalized spacial score (nSPS) is 24.3. The van der Waals surface area contributed by atoms with Gasteiger partial charge in [-0.1, -0.05) is 11.6 Å². The number of rotatable bonds is 4. The lowest BCUT2D eigenvalue weighted by Crippen LogP contribution is -2.55. The highest BCUT2D eigenvalue weighted by Crippen LogP contribution is 2.36. The number of aromatic nitrogens is 2. The van der Waals surface area contributed by atoms with Gasteiger partial charge in [0.1, 0.15) is 11.9 Å². The molecule has 3 heterocycles. The monoisotopic (exact) mass is 481 g/mol. The first-order valence-electron chi connectivity index (χ1n) is 9.37. The summed E-state index contributed by atoms with van der Waals surface area (Å²) >= 11 is 7.36. The minimum absolute atomic E-state index is 0.0865. The van der Waals surface area contributed by atoms with Crippen molar-refractivity contribution >= 4 is 50.3 Å². The molecule has 11 heteroatoms. The molecule has 2 N–H and O–H groups in total. The summed E-state index contributed by atoms with van der Waals surface area (Å²) in [4.78, 5) is 15.0. The maximum Gasteiger partial charge on any atom is 0.242 e. The summed E-state index contributed by atoms with van der Waals surface area (Å²) < 4.78 is 32.8. The summed E-state index contributed by atoms with van der Waals surface area (Å²) in [6.07, 6.45) is 2.11. The molecule has 7 nitrogen and oxygen atoms in total. The molecule has 3 aromatic rings. The molecule has 0 bridgehead atoms. The topological polar surface area (TPSA) is 79.3 Å². The van der Waals surface area contributed by atoms with E-state index in [1.54, 1.807) is 29.3 Å². The average Bonchev–Trinajstić information content (AvgIpc) is 3.35. The lowest BCUT2D eigenvalue weighted by Gasteiger charge is -2.39. The van der Waals surface area contributed by atoms with E-state index in [4.69, 9.17) is 11.6 Å². The van der Waals surface area contributed by atoms with Gasteiger partial charge in [0.05, 0.1) is 31.5 Å². The van der Waals surface area contributed by atoms with Gasteiger partial charge in [-0.2, -0.15) is 5.10 Å². The Bertz CT molecular complexity index is 1240. The number of thiophene rings is 1. The molecule has 1 fully saturated rings. The first-order chi connectivity index (χ1) is 14.7. The molecule has 3 atom stereocenters. The molecule has 0 spiro atoms. The fraction of sp³-hybridized carbons (Fsp3) is 0.250. The van der Waals surface area contributed by atoms with Crippen LogP contribution in [0.25, 0.3) is 10.6 Å². The van der Waals surface area contributed by atoms with Crippen molar-refractivity contribution in [2.24, 2.45) is 7.05 Å². The number of nitrogens with one attached hydrogen (secondary N) is 2. The molecule has 0 aliphatic carbocycles. The van der Waals surface area contributed by atoms with E-state index in [0.29, 0.717) is 12.1 Å². The van der Waals surface area contributed by atoms with Gasteiger partial charge in [-0.25, -0.2) is 17.6 Å². The lowest BCUT2D eigenvalue weighted by atomic mass is 10.1. The molecule has 31 heavy (non-hydrogen) atoms. The largest absolute Gasteiger partial charge is 0.325 e. The van der Waals surface area contributed by atoms with E-state index in [9.17, 15) is 13.4 Å². The maximum atomic E-state index is 13.4. The van der Waals surface area contributed by atoms with E-state index in [1.165, 1.54) is 22.5 Å². The van der Waals surface area contributed by atoms with Gasteiger partial charge in [0, 0.05) is 30.9 Å². The van der Waals surface area contributed by atoms with Crippen LogP contribution >= 0.6 is 22.9 Å². The van der Waals surface area contributed by atoms with E-state index in [0.717, 1.165) is 15.4 Å². The number of hydrogen-bond acceptors (Lipinski definition) is 4. The summed E-state index contributed by atoms with van der Waals surface area (Å²) in [6, 6.07) is 8.79. The first kappa shape index (κ1) is 22.0. The Balaban J connectivity index is 1.58. The SMILES string of the molecule is C=S1(=O)N[C@@H](c2ccc(-c3ccnn3C)s2)C[C@@H](C(=O)Nc2ccc(F)c(Cl)c2)N1C. The predicted octanol–water partition coefficient (Wildman–Crippen LogP) is 3.46. The number of carbonyl (C=O) groups excluding carboxylic acids is 1. The predicted molar refractivity (Wildman–Crippen MR) is 124 cm³/mol. The Kier molecular flexibility index (Phi) is 5.93. The lowest BCUT2D eigenvalue weighted by molar-refractivity contribution is -0.120. The number of carbonyl (C=O) groups is 1. The van der Waals surface area contributed by atoms with Crippen molar-refractivity contribution in [3.05, 3.63) is 58.3 Å². The van der Waals surface area contributed by atoms with Crippen LogP contribution in [0.2, 0.25) is 5.02 Å². The number of nitrogens with zero attached hydrogens (tertiary/aromatic N) is 3. The number of amides is 1. The Morgan fingerprint density at radius 1 is 1.35 bits per heavy atom. The third-order valence-corrected chi connectivity index (χ3v) is 8.57. The van der Waals surface area contributed by atoms with E-state index < -0.39 is 21.8 Å². The fourth-order valence-corrected chi connectivity index (χ4v) is 6.28. The van der Waals surface area contributed by atoms with E-state index >= 15 is 0 Å². The molecule has 4 rings (SSSR count). The molecule has 2 aromatic heterocycles. The summed E-state index contributed by atoms with van der Waals surface area (Å²) in [5.41, 5.74) is 1.34. The van der Waals surface area contributed by atoms with Gasteiger partial charge in [0.15, 0.2) is 0 Å². The maximum absolute atomic E-state index is 13.4. The van der Waals surface area contributed by atoms with Crippen LogP contribution in [-0.2, 0) is 21.7 Å². The Hall–Kier alpha value is -2.24. The molecule has 0 radical (unpaired) electrons. The second-order valence-corrected chi connectivity index (χ2v) is 10.9. The summed E-state index contributed by atoms with van der Waals surface area (Å²) in [7, 11) is 0.574. The van der Waals surface area contributed by atoms with Crippen molar-refractivity contribution in [1.82, 2.24) is 18.8 Å². The molecular formula is C20H21ClFN5O2S2. The van der Waals surface area contributed by atoms with Gasteiger partial charge < -0.3 is 5.32 Å². The van der Waals surface area contributed by atoms with Crippen molar-refractivity contribution in [1.29, 1.82) is 0 Å². The van der Waals surface area contributed by atoms with Gasteiger partial charge in [-0.3, -0.25) is 9.48 Å². The smallest absolute Gasteiger partial charge is 0.242 e. The number of hydrogen-bond donors (Lipinski definition) is 2. The number of halogens is 2. The van der Waals surface area contributed by atoms with E-state index in [1.807, 2.05) is 25.2 Å². The second-order valence-electron chi connectivity index (χ2n) is 7.27. The van der Waals surface area contributed by atoms with Crippen molar-refractivity contribution in [2.45, 2.75) is 18.5 Å². The van der Waals surface area contributed by atoms with Crippen LogP contribution < -0.4 is 10.0 Å².